The minimum absolute atomic E-state index is 0.591. The fraction of sp³-hybridized carbons (Fsp3) is 0.346. The Kier molecular flexibility index (Phi) is 6.15. The highest BCUT2D eigenvalue weighted by Crippen LogP contribution is 2.31. The molecule has 0 aromatic carbocycles. The predicted octanol–water partition coefficient (Wildman–Crippen LogP) is 2.65. The first-order valence-corrected chi connectivity index (χ1v) is 12.4. The van der Waals surface area contributed by atoms with Gasteiger partial charge >= 0.3 is 0 Å². The molecule has 0 bridgehead atoms. The number of ether oxygens (including phenoxy) is 1. The predicted molar refractivity (Wildman–Crippen MR) is 144 cm³/mol. The first-order chi connectivity index (χ1) is 18.0. The van der Waals surface area contributed by atoms with Crippen molar-refractivity contribution >= 4 is 27.8 Å². The lowest BCUT2D eigenvalue weighted by atomic mass is 10.1. The maximum absolute atomic E-state index is 5.87. The molecule has 5 aromatic heterocycles. The van der Waals surface area contributed by atoms with E-state index in [1.165, 1.54) is 0 Å². The smallest absolute Gasteiger partial charge is 0.161 e. The number of nitrogens with zero attached hydrogens (tertiary/aromatic N) is 8. The van der Waals surface area contributed by atoms with E-state index in [1.807, 2.05) is 44.7 Å². The van der Waals surface area contributed by atoms with Gasteiger partial charge in [-0.2, -0.15) is 5.10 Å². The van der Waals surface area contributed by atoms with Crippen LogP contribution in [0.1, 0.15) is 0 Å². The van der Waals surface area contributed by atoms with E-state index in [2.05, 4.69) is 46.9 Å². The van der Waals surface area contributed by atoms with Crippen molar-refractivity contribution in [1.82, 2.24) is 44.9 Å². The van der Waals surface area contributed by atoms with Crippen LogP contribution in [0.2, 0.25) is 0 Å². The van der Waals surface area contributed by atoms with Gasteiger partial charge in [0.2, 0.25) is 0 Å². The minimum atomic E-state index is 0.591. The van der Waals surface area contributed by atoms with Crippen LogP contribution in [0.15, 0.2) is 43.0 Å². The molecular formula is C26H30N10O. The van der Waals surface area contributed by atoms with E-state index >= 15 is 0 Å². The van der Waals surface area contributed by atoms with Crippen molar-refractivity contribution in [1.29, 1.82) is 0 Å². The van der Waals surface area contributed by atoms with Crippen molar-refractivity contribution in [3.8, 4) is 28.5 Å². The maximum atomic E-state index is 5.87. The summed E-state index contributed by atoms with van der Waals surface area (Å²) < 4.78 is 5.87. The number of imidazole rings is 1. The van der Waals surface area contributed by atoms with Gasteiger partial charge in [0, 0.05) is 44.5 Å². The molecule has 1 aliphatic heterocycles. The highest BCUT2D eigenvalue weighted by Gasteiger charge is 2.21. The Hall–Kier alpha value is -4.09. The Labute approximate surface area is 214 Å². The van der Waals surface area contributed by atoms with Crippen LogP contribution in [0.25, 0.3) is 44.8 Å². The van der Waals surface area contributed by atoms with Crippen molar-refractivity contribution in [2.24, 2.45) is 0 Å². The summed E-state index contributed by atoms with van der Waals surface area (Å²) in [4.78, 5) is 28.9. The van der Waals surface area contributed by atoms with Gasteiger partial charge in [0.15, 0.2) is 11.5 Å². The third kappa shape index (κ3) is 4.70. The number of aromatic nitrogens is 7. The first-order valence-electron chi connectivity index (χ1n) is 12.4. The number of H-pyrrole nitrogens is 2. The second-order valence-electron chi connectivity index (χ2n) is 9.66. The number of rotatable bonds is 7. The van der Waals surface area contributed by atoms with Gasteiger partial charge in [-0.1, -0.05) is 0 Å². The number of pyridine rings is 3. The number of hydrogen-bond donors (Lipinski definition) is 2. The van der Waals surface area contributed by atoms with Gasteiger partial charge in [0.05, 0.1) is 41.0 Å². The molecular weight excluding hydrogens is 468 g/mol. The summed E-state index contributed by atoms with van der Waals surface area (Å²) in [7, 11) is 6.19. The van der Waals surface area contributed by atoms with Gasteiger partial charge in [-0.05, 0) is 39.3 Å². The van der Waals surface area contributed by atoms with Crippen molar-refractivity contribution in [3.05, 3.63) is 43.0 Å². The van der Waals surface area contributed by atoms with Crippen molar-refractivity contribution < 1.29 is 4.74 Å². The molecule has 0 spiro atoms. The van der Waals surface area contributed by atoms with Crippen molar-refractivity contribution in [2.45, 2.75) is 0 Å². The lowest BCUT2D eigenvalue weighted by Crippen LogP contribution is -2.44. The SMILES string of the molecule is CN(C)CCOc1cncc(-c2ccc3[nH]nc(-c4nc5c(N6CCN(C)CC6)cncc5[nH]4)c3n2)c1. The Bertz CT molecular complexity index is 1530. The minimum Gasteiger partial charge on any atom is -0.491 e. The molecule has 6 rings (SSSR count). The molecule has 6 heterocycles. The molecule has 2 N–H and O–H groups in total. The van der Waals surface area contributed by atoms with Gasteiger partial charge in [-0.3, -0.25) is 15.1 Å². The molecule has 1 fully saturated rings. The molecule has 11 nitrogen and oxygen atoms in total. The van der Waals surface area contributed by atoms with Gasteiger partial charge in [0.25, 0.3) is 0 Å². The van der Waals surface area contributed by atoms with E-state index in [0.29, 0.717) is 18.1 Å². The van der Waals surface area contributed by atoms with E-state index < -0.39 is 0 Å². The second-order valence-corrected chi connectivity index (χ2v) is 9.66. The summed E-state index contributed by atoms with van der Waals surface area (Å²) in [5.41, 5.74) is 6.73. The topological polar surface area (TPSA) is 115 Å². The summed E-state index contributed by atoms with van der Waals surface area (Å²) in [6.45, 7) is 5.34. The lowest BCUT2D eigenvalue weighted by Gasteiger charge is -2.33. The molecule has 1 aliphatic rings. The van der Waals surface area contributed by atoms with Gasteiger partial charge in [-0.15, -0.1) is 0 Å². The largest absolute Gasteiger partial charge is 0.491 e. The van der Waals surface area contributed by atoms with Crippen LogP contribution in [0.3, 0.4) is 0 Å². The standard InChI is InChI=1S/C26H30N10O/c1-34(2)10-11-37-18-12-17(13-27-14-18)19-4-5-20-24(29-19)25(33-32-20)26-30-21-15-28-16-22(23(21)31-26)36-8-6-35(3)7-9-36/h4-5,12-16H,6-11H2,1-3H3,(H,30,31)(H,32,33). The Morgan fingerprint density at radius 3 is 2.62 bits per heavy atom. The normalized spacial score (nSPS) is 14.8. The van der Waals surface area contributed by atoms with E-state index in [4.69, 9.17) is 14.7 Å². The number of hydrogen-bond acceptors (Lipinski definition) is 9. The highest BCUT2D eigenvalue weighted by molar-refractivity contribution is 5.94. The Morgan fingerprint density at radius 2 is 1.78 bits per heavy atom. The number of aromatic amines is 2. The fourth-order valence-electron chi connectivity index (χ4n) is 4.52. The van der Waals surface area contributed by atoms with Crippen LogP contribution in [0, 0.1) is 0 Å². The summed E-state index contributed by atoms with van der Waals surface area (Å²) in [5, 5.41) is 7.65. The van der Waals surface area contributed by atoms with E-state index in [1.54, 1.807) is 12.4 Å². The number of likely N-dealkylation sites (N-methyl/N-ethyl adjacent to an activating group) is 2. The van der Waals surface area contributed by atoms with Gasteiger partial charge < -0.3 is 24.4 Å². The summed E-state index contributed by atoms with van der Waals surface area (Å²) >= 11 is 0. The summed E-state index contributed by atoms with van der Waals surface area (Å²) in [6.07, 6.45) is 7.23. The molecule has 0 unspecified atom stereocenters. The number of anilines is 1. The van der Waals surface area contributed by atoms with E-state index in [9.17, 15) is 0 Å². The van der Waals surface area contributed by atoms with Gasteiger partial charge in [-0.25, -0.2) is 9.97 Å². The van der Waals surface area contributed by atoms with Crippen molar-refractivity contribution in [2.75, 3.05) is 65.4 Å². The molecule has 0 amide bonds. The van der Waals surface area contributed by atoms with Crippen LogP contribution in [-0.2, 0) is 0 Å². The Balaban J connectivity index is 1.33. The monoisotopic (exact) mass is 498 g/mol. The molecule has 0 atom stereocenters. The molecule has 11 heteroatoms. The average molecular weight is 499 g/mol. The van der Waals surface area contributed by atoms with Gasteiger partial charge in [0.1, 0.15) is 23.4 Å². The fourth-order valence-corrected chi connectivity index (χ4v) is 4.52. The molecule has 37 heavy (non-hydrogen) atoms. The lowest BCUT2D eigenvalue weighted by molar-refractivity contribution is 0.261. The van der Waals surface area contributed by atoms with Crippen LogP contribution >= 0.6 is 0 Å². The second kappa shape index (κ2) is 9.75. The van der Waals surface area contributed by atoms with E-state index in [-0.39, 0.29) is 0 Å². The van der Waals surface area contributed by atoms with E-state index in [0.717, 1.165) is 77.5 Å². The third-order valence-corrected chi connectivity index (χ3v) is 6.67. The number of fused-ring (bicyclic) bond motifs is 2. The van der Waals surface area contributed by atoms with Crippen LogP contribution in [0.4, 0.5) is 5.69 Å². The van der Waals surface area contributed by atoms with Crippen LogP contribution < -0.4 is 9.64 Å². The molecule has 0 radical (unpaired) electrons. The molecule has 190 valence electrons. The average Bonchev–Trinajstić information content (AvgIpc) is 3.53. The maximum Gasteiger partial charge on any atom is 0.161 e. The third-order valence-electron chi connectivity index (χ3n) is 6.67. The number of nitrogens with one attached hydrogen (secondary N) is 2. The van der Waals surface area contributed by atoms with Crippen LogP contribution in [0.5, 0.6) is 5.75 Å². The highest BCUT2D eigenvalue weighted by atomic mass is 16.5. The zero-order valence-electron chi connectivity index (χ0n) is 21.3. The first kappa shape index (κ1) is 23.3. The molecule has 1 saturated heterocycles. The molecule has 0 saturated carbocycles. The summed E-state index contributed by atoms with van der Waals surface area (Å²) in [6, 6.07) is 5.90. The number of piperazine rings is 1. The van der Waals surface area contributed by atoms with Crippen molar-refractivity contribution in [3.63, 3.8) is 0 Å². The molecule has 0 aliphatic carbocycles. The Morgan fingerprint density at radius 1 is 0.946 bits per heavy atom. The zero-order valence-corrected chi connectivity index (χ0v) is 21.3. The molecule has 5 aromatic rings. The summed E-state index contributed by atoms with van der Waals surface area (Å²) in [5.74, 6) is 1.38. The zero-order chi connectivity index (χ0) is 25.4. The van der Waals surface area contributed by atoms with Crippen LogP contribution in [-0.4, -0.2) is 105 Å². The quantitative estimate of drug-likeness (QED) is 0.349.